The van der Waals surface area contributed by atoms with Gasteiger partial charge < -0.3 is 5.32 Å². The van der Waals surface area contributed by atoms with Crippen LogP contribution in [0, 0.1) is 10.1 Å². The molecule has 1 aromatic carbocycles. The van der Waals surface area contributed by atoms with Crippen LogP contribution in [-0.4, -0.2) is 17.5 Å². The molecule has 0 heterocycles. The van der Waals surface area contributed by atoms with E-state index in [1.165, 1.54) is 0 Å². The molecule has 92 valence electrons. The second-order valence-electron chi connectivity index (χ2n) is 4.02. The van der Waals surface area contributed by atoms with Gasteiger partial charge in [0.2, 0.25) is 0 Å². The Morgan fingerprint density at radius 2 is 2.24 bits per heavy atom. The van der Waals surface area contributed by atoms with Crippen molar-refractivity contribution in [2.45, 2.75) is 25.8 Å². The molecule has 0 amide bonds. The molecule has 1 N–H and O–H groups in total. The largest absolute Gasteiger partial charge is 0.314 e. The van der Waals surface area contributed by atoms with Crippen molar-refractivity contribution in [1.82, 2.24) is 5.32 Å². The summed E-state index contributed by atoms with van der Waals surface area (Å²) in [5, 5.41) is 14.1. The van der Waals surface area contributed by atoms with Gasteiger partial charge in [-0.15, -0.1) is 6.58 Å². The minimum atomic E-state index is -0.331. The highest BCUT2D eigenvalue weighted by atomic mass is 16.6. The van der Waals surface area contributed by atoms with Crippen LogP contribution in [0.4, 0.5) is 5.69 Å². The van der Waals surface area contributed by atoms with E-state index in [1.807, 2.05) is 12.1 Å². The Kier molecular flexibility index (Phi) is 5.36. The van der Waals surface area contributed by atoms with Gasteiger partial charge in [0.05, 0.1) is 4.92 Å². The van der Waals surface area contributed by atoms with Crippen LogP contribution in [0.2, 0.25) is 0 Å². The summed E-state index contributed by atoms with van der Waals surface area (Å²) in [7, 11) is 0. The molecule has 0 radical (unpaired) electrons. The number of nitro groups is 1. The lowest BCUT2D eigenvalue weighted by Crippen LogP contribution is -2.27. The lowest BCUT2D eigenvalue weighted by molar-refractivity contribution is -0.385. The van der Waals surface area contributed by atoms with Crippen LogP contribution in [0.3, 0.4) is 0 Å². The normalized spacial score (nSPS) is 12.1. The van der Waals surface area contributed by atoms with E-state index in [1.54, 1.807) is 18.2 Å². The molecule has 0 spiro atoms. The Labute approximate surface area is 101 Å². The van der Waals surface area contributed by atoms with Crippen molar-refractivity contribution in [3.05, 3.63) is 52.6 Å². The molecule has 1 aromatic rings. The van der Waals surface area contributed by atoms with Crippen LogP contribution in [0.25, 0.3) is 0 Å². The van der Waals surface area contributed by atoms with Crippen molar-refractivity contribution >= 4 is 5.69 Å². The topological polar surface area (TPSA) is 55.2 Å². The predicted octanol–water partition coefficient (Wildman–Crippen LogP) is 2.69. The second-order valence-corrected chi connectivity index (χ2v) is 4.02. The van der Waals surface area contributed by atoms with Crippen molar-refractivity contribution in [3.8, 4) is 0 Å². The fourth-order valence-electron chi connectivity index (χ4n) is 1.69. The zero-order valence-corrected chi connectivity index (χ0v) is 10.1. The van der Waals surface area contributed by atoms with Gasteiger partial charge in [-0.05, 0) is 26.3 Å². The summed E-state index contributed by atoms with van der Waals surface area (Å²) in [5.74, 6) is 0. The SMILES string of the molecule is C=CCC(C)NCCc1ccccc1[N+](=O)[O-]. The van der Waals surface area contributed by atoms with Crippen LogP contribution in [0.15, 0.2) is 36.9 Å². The van der Waals surface area contributed by atoms with Gasteiger partial charge in [0.15, 0.2) is 0 Å². The summed E-state index contributed by atoms with van der Waals surface area (Å²) in [5.41, 5.74) is 0.974. The Bertz CT molecular complexity index is 391. The highest BCUT2D eigenvalue weighted by molar-refractivity contribution is 5.39. The maximum atomic E-state index is 10.8. The molecule has 0 aliphatic heterocycles. The van der Waals surface area contributed by atoms with Crippen molar-refractivity contribution in [1.29, 1.82) is 0 Å². The van der Waals surface area contributed by atoms with E-state index < -0.39 is 0 Å². The predicted molar refractivity (Wildman–Crippen MR) is 69.1 cm³/mol. The zero-order chi connectivity index (χ0) is 12.7. The molecule has 0 aliphatic rings. The molecular formula is C13H18N2O2. The first kappa shape index (κ1) is 13.4. The number of nitro benzene ring substituents is 1. The molecular weight excluding hydrogens is 216 g/mol. The maximum absolute atomic E-state index is 10.8. The molecule has 0 saturated heterocycles. The number of hydrogen-bond acceptors (Lipinski definition) is 3. The van der Waals surface area contributed by atoms with Crippen LogP contribution in [0.5, 0.6) is 0 Å². The minimum Gasteiger partial charge on any atom is -0.314 e. The van der Waals surface area contributed by atoms with Gasteiger partial charge >= 0.3 is 0 Å². The van der Waals surface area contributed by atoms with E-state index in [4.69, 9.17) is 0 Å². The van der Waals surface area contributed by atoms with Crippen molar-refractivity contribution in [2.75, 3.05) is 6.54 Å². The van der Waals surface area contributed by atoms with Crippen LogP contribution in [0.1, 0.15) is 18.9 Å². The van der Waals surface area contributed by atoms with Crippen molar-refractivity contribution < 1.29 is 4.92 Å². The quantitative estimate of drug-likeness (QED) is 0.448. The summed E-state index contributed by atoms with van der Waals surface area (Å²) in [6, 6.07) is 7.22. The third-order valence-corrected chi connectivity index (χ3v) is 2.60. The molecule has 0 bridgehead atoms. The van der Waals surface area contributed by atoms with Gasteiger partial charge in [-0.2, -0.15) is 0 Å². The van der Waals surface area contributed by atoms with E-state index in [-0.39, 0.29) is 10.6 Å². The summed E-state index contributed by atoms with van der Waals surface area (Å²) < 4.78 is 0. The zero-order valence-electron chi connectivity index (χ0n) is 10.1. The number of benzene rings is 1. The molecule has 4 heteroatoms. The van der Waals surface area contributed by atoms with Crippen LogP contribution in [-0.2, 0) is 6.42 Å². The number of nitrogens with one attached hydrogen (secondary N) is 1. The summed E-state index contributed by atoms with van der Waals surface area (Å²) in [4.78, 5) is 10.5. The van der Waals surface area contributed by atoms with E-state index >= 15 is 0 Å². The number of para-hydroxylation sites is 1. The van der Waals surface area contributed by atoms with E-state index in [2.05, 4.69) is 18.8 Å². The smallest absolute Gasteiger partial charge is 0.272 e. The molecule has 17 heavy (non-hydrogen) atoms. The summed E-state index contributed by atoms with van der Waals surface area (Å²) in [6.07, 6.45) is 3.43. The molecule has 1 unspecified atom stereocenters. The Hall–Kier alpha value is -1.68. The van der Waals surface area contributed by atoms with Crippen LogP contribution >= 0.6 is 0 Å². The first-order valence-corrected chi connectivity index (χ1v) is 5.71. The van der Waals surface area contributed by atoms with E-state index in [9.17, 15) is 10.1 Å². The molecule has 0 fully saturated rings. The minimum absolute atomic E-state index is 0.200. The average molecular weight is 234 g/mol. The molecule has 0 aliphatic carbocycles. The van der Waals surface area contributed by atoms with Gasteiger partial charge in [0, 0.05) is 17.7 Å². The molecule has 1 atom stereocenters. The standard InChI is InChI=1S/C13H18N2O2/c1-3-6-11(2)14-10-9-12-7-4-5-8-13(12)15(16)17/h3-5,7-8,11,14H,1,6,9-10H2,2H3. The number of rotatable bonds is 7. The Morgan fingerprint density at radius 1 is 1.53 bits per heavy atom. The summed E-state index contributed by atoms with van der Waals surface area (Å²) >= 11 is 0. The van der Waals surface area contributed by atoms with Crippen LogP contribution < -0.4 is 5.32 Å². The monoisotopic (exact) mass is 234 g/mol. The molecule has 4 nitrogen and oxygen atoms in total. The van der Waals surface area contributed by atoms with Gasteiger partial charge in [0.25, 0.3) is 5.69 Å². The number of nitrogens with zero attached hydrogens (tertiary/aromatic N) is 1. The van der Waals surface area contributed by atoms with Crippen molar-refractivity contribution in [3.63, 3.8) is 0 Å². The molecule has 0 aromatic heterocycles. The highest BCUT2D eigenvalue weighted by Crippen LogP contribution is 2.17. The lowest BCUT2D eigenvalue weighted by atomic mass is 10.1. The van der Waals surface area contributed by atoms with Gasteiger partial charge in [-0.3, -0.25) is 10.1 Å². The van der Waals surface area contributed by atoms with Gasteiger partial charge in [-0.25, -0.2) is 0 Å². The second kappa shape index (κ2) is 6.81. The first-order chi connectivity index (χ1) is 8.15. The third-order valence-electron chi connectivity index (χ3n) is 2.60. The fourth-order valence-corrected chi connectivity index (χ4v) is 1.69. The van der Waals surface area contributed by atoms with E-state index in [0.29, 0.717) is 12.5 Å². The Morgan fingerprint density at radius 3 is 2.88 bits per heavy atom. The third kappa shape index (κ3) is 4.36. The van der Waals surface area contributed by atoms with Gasteiger partial charge in [-0.1, -0.05) is 24.3 Å². The Balaban J connectivity index is 2.51. The molecule has 0 saturated carbocycles. The molecule has 1 rings (SSSR count). The summed E-state index contributed by atoms with van der Waals surface area (Å²) in [6.45, 7) is 6.48. The highest BCUT2D eigenvalue weighted by Gasteiger charge is 2.11. The average Bonchev–Trinajstić information content (AvgIpc) is 2.30. The first-order valence-electron chi connectivity index (χ1n) is 5.71. The van der Waals surface area contributed by atoms with Crippen molar-refractivity contribution in [2.24, 2.45) is 0 Å². The van der Waals surface area contributed by atoms with E-state index in [0.717, 1.165) is 18.5 Å². The fraction of sp³-hybridized carbons (Fsp3) is 0.385. The maximum Gasteiger partial charge on any atom is 0.272 e. The van der Waals surface area contributed by atoms with Gasteiger partial charge in [0.1, 0.15) is 0 Å². The lowest BCUT2D eigenvalue weighted by Gasteiger charge is -2.11. The number of hydrogen-bond donors (Lipinski definition) is 1.